The molecular formula is C13H14N2O2S. The Hall–Kier alpha value is -1.62. The average molecular weight is 262 g/mol. The molecule has 5 heteroatoms. The predicted molar refractivity (Wildman–Crippen MR) is 70.4 cm³/mol. The van der Waals surface area contributed by atoms with Crippen LogP contribution < -0.4 is 9.47 Å². The van der Waals surface area contributed by atoms with Crippen molar-refractivity contribution in [2.24, 2.45) is 0 Å². The molecule has 0 bridgehead atoms. The van der Waals surface area contributed by atoms with Crippen molar-refractivity contribution in [1.29, 1.82) is 0 Å². The molecule has 0 aliphatic heterocycles. The van der Waals surface area contributed by atoms with Crippen molar-refractivity contribution in [1.82, 2.24) is 9.59 Å². The predicted octanol–water partition coefficient (Wildman–Crippen LogP) is 3.10. The maximum absolute atomic E-state index is 5.44. The Kier molecular flexibility index (Phi) is 2.91. The van der Waals surface area contributed by atoms with Crippen LogP contribution in [0, 0.1) is 0 Å². The molecule has 0 radical (unpaired) electrons. The molecule has 1 aliphatic rings. The Labute approximate surface area is 110 Å². The lowest BCUT2D eigenvalue weighted by atomic mass is 10.1. The Bertz CT molecular complexity index is 564. The summed E-state index contributed by atoms with van der Waals surface area (Å²) >= 11 is 1.43. The molecule has 1 aliphatic carbocycles. The molecule has 1 aromatic carbocycles. The number of ether oxygens (including phenoxy) is 2. The third-order valence-electron chi connectivity index (χ3n) is 3.13. The highest BCUT2D eigenvalue weighted by Crippen LogP contribution is 2.46. The monoisotopic (exact) mass is 262 g/mol. The van der Waals surface area contributed by atoms with Gasteiger partial charge in [-0.1, -0.05) is 4.49 Å². The third-order valence-corrected chi connectivity index (χ3v) is 3.91. The number of hydrogen-bond acceptors (Lipinski definition) is 5. The maximum atomic E-state index is 5.44. The summed E-state index contributed by atoms with van der Waals surface area (Å²) < 4.78 is 14.7. The third kappa shape index (κ3) is 1.95. The van der Waals surface area contributed by atoms with Gasteiger partial charge in [0.1, 0.15) is 11.5 Å². The average Bonchev–Trinajstić information content (AvgIpc) is 3.15. The summed E-state index contributed by atoms with van der Waals surface area (Å²) in [5, 5.41) is 4.25. The Balaban J connectivity index is 2.07. The van der Waals surface area contributed by atoms with Gasteiger partial charge in [0, 0.05) is 17.5 Å². The number of methoxy groups -OCH3 is 2. The van der Waals surface area contributed by atoms with Gasteiger partial charge in [-0.05, 0) is 36.5 Å². The molecular weight excluding hydrogens is 248 g/mol. The van der Waals surface area contributed by atoms with Gasteiger partial charge in [0.25, 0.3) is 0 Å². The van der Waals surface area contributed by atoms with E-state index in [9.17, 15) is 0 Å². The summed E-state index contributed by atoms with van der Waals surface area (Å²) in [5.74, 6) is 2.19. The second kappa shape index (κ2) is 4.57. The van der Waals surface area contributed by atoms with E-state index in [1.165, 1.54) is 24.4 Å². The highest BCUT2D eigenvalue weighted by molar-refractivity contribution is 7.09. The van der Waals surface area contributed by atoms with Gasteiger partial charge in [0.2, 0.25) is 0 Å². The van der Waals surface area contributed by atoms with E-state index < -0.39 is 0 Å². The van der Waals surface area contributed by atoms with Gasteiger partial charge in [0.15, 0.2) is 0 Å². The van der Waals surface area contributed by atoms with Gasteiger partial charge in [-0.2, -0.15) is 0 Å². The molecule has 1 saturated carbocycles. The number of nitrogens with zero attached hydrogens (tertiary/aromatic N) is 2. The van der Waals surface area contributed by atoms with Gasteiger partial charge in [-0.25, -0.2) is 0 Å². The zero-order chi connectivity index (χ0) is 12.5. The molecule has 0 saturated heterocycles. The van der Waals surface area contributed by atoms with Crippen LogP contribution in [-0.4, -0.2) is 23.8 Å². The molecule has 4 nitrogen and oxygen atoms in total. The first-order chi connectivity index (χ1) is 8.83. The maximum Gasteiger partial charge on any atom is 0.131 e. The van der Waals surface area contributed by atoms with Gasteiger partial charge < -0.3 is 9.47 Å². The summed E-state index contributed by atoms with van der Waals surface area (Å²) in [4.78, 5) is 1.12. The summed E-state index contributed by atoms with van der Waals surface area (Å²) in [6.45, 7) is 0. The molecule has 2 aromatic rings. The standard InChI is InChI=1S/C13H14N2O2S/c1-16-9-5-6-10(11(7-9)17-2)13-12(8-3-4-8)14-15-18-13/h5-8H,3-4H2,1-2H3. The first-order valence-electron chi connectivity index (χ1n) is 5.88. The van der Waals surface area contributed by atoms with Crippen molar-refractivity contribution in [2.75, 3.05) is 14.2 Å². The normalized spacial score (nSPS) is 14.6. The summed E-state index contributed by atoms with van der Waals surface area (Å²) in [7, 11) is 3.32. The first-order valence-corrected chi connectivity index (χ1v) is 6.65. The minimum atomic E-state index is 0.588. The van der Waals surface area contributed by atoms with Crippen molar-refractivity contribution in [3.8, 4) is 21.9 Å². The van der Waals surface area contributed by atoms with E-state index in [1.807, 2.05) is 18.2 Å². The molecule has 0 spiro atoms. The smallest absolute Gasteiger partial charge is 0.131 e. The SMILES string of the molecule is COc1ccc(-c2snnc2C2CC2)c(OC)c1. The number of aromatic nitrogens is 2. The van der Waals surface area contributed by atoms with Crippen LogP contribution in [0.15, 0.2) is 18.2 Å². The molecule has 0 amide bonds. The van der Waals surface area contributed by atoms with E-state index in [4.69, 9.17) is 9.47 Å². The highest BCUT2D eigenvalue weighted by Gasteiger charge is 2.30. The molecule has 3 rings (SSSR count). The lowest BCUT2D eigenvalue weighted by Crippen LogP contribution is -1.91. The number of rotatable bonds is 4. The van der Waals surface area contributed by atoms with E-state index in [0.717, 1.165) is 27.6 Å². The summed E-state index contributed by atoms with van der Waals surface area (Å²) in [5.41, 5.74) is 2.17. The summed E-state index contributed by atoms with van der Waals surface area (Å²) in [6, 6.07) is 5.85. The minimum Gasteiger partial charge on any atom is -0.497 e. The fourth-order valence-corrected chi connectivity index (χ4v) is 2.77. The zero-order valence-electron chi connectivity index (χ0n) is 10.3. The number of benzene rings is 1. The van der Waals surface area contributed by atoms with Gasteiger partial charge in [-0.15, -0.1) is 5.10 Å². The van der Waals surface area contributed by atoms with Crippen LogP contribution in [0.3, 0.4) is 0 Å². The second-order valence-corrected chi connectivity index (χ2v) is 5.08. The lowest BCUT2D eigenvalue weighted by Gasteiger charge is -2.09. The van der Waals surface area contributed by atoms with Crippen LogP contribution >= 0.6 is 11.5 Å². The van der Waals surface area contributed by atoms with Crippen LogP contribution in [0.4, 0.5) is 0 Å². The topological polar surface area (TPSA) is 44.2 Å². The fourth-order valence-electron chi connectivity index (χ4n) is 1.99. The van der Waals surface area contributed by atoms with E-state index in [-0.39, 0.29) is 0 Å². The first kappa shape index (κ1) is 11.5. The van der Waals surface area contributed by atoms with Crippen molar-refractivity contribution in [2.45, 2.75) is 18.8 Å². The largest absolute Gasteiger partial charge is 0.497 e. The van der Waals surface area contributed by atoms with Gasteiger partial charge in [0.05, 0.1) is 24.8 Å². The van der Waals surface area contributed by atoms with Crippen molar-refractivity contribution < 1.29 is 9.47 Å². The summed E-state index contributed by atoms with van der Waals surface area (Å²) in [6.07, 6.45) is 2.44. The molecule has 18 heavy (non-hydrogen) atoms. The van der Waals surface area contributed by atoms with Crippen molar-refractivity contribution in [3.63, 3.8) is 0 Å². The molecule has 94 valence electrons. The lowest BCUT2D eigenvalue weighted by molar-refractivity contribution is 0.395. The van der Waals surface area contributed by atoms with E-state index in [1.54, 1.807) is 14.2 Å². The van der Waals surface area contributed by atoms with Crippen LogP contribution in [0.1, 0.15) is 24.5 Å². The van der Waals surface area contributed by atoms with Crippen molar-refractivity contribution >= 4 is 11.5 Å². The Morgan fingerprint density at radius 2 is 2.06 bits per heavy atom. The van der Waals surface area contributed by atoms with Crippen LogP contribution in [-0.2, 0) is 0 Å². The molecule has 0 unspecified atom stereocenters. The zero-order valence-corrected chi connectivity index (χ0v) is 11.2. The second-order valence-electron chi connectivity index (χ2n) is 4.33. The van der Waals surface area contributed by atoms with E-state index in [2.05, 4.69) is 9.59 Å². The van der Waals surface area contributed by atoms with Crippen molar-refractivity contribution in [3.05, 3.63) is 23.9 Å². The minimum absolute atomic E-state index is 0.588. The fraction of sp³-hybridized carbons (Fsp3) is 0.385. The Morgan fingerprint density at radius 1 is 1.22 bits per heavy atom. The van der Waals surface area contributed by atoms with Gasteiger partial charge >= 0.3 is 0 Å². The van der Waals surface area contributed by atoms with Crippen LogP contribution in [0.25, 0.3) is 10.4 Å². The molecule has 1 aromatic heterocycles. The molecule has 1 heterocycles. The van der Waals surface area contributed by atoms with E-state index in [0.29, 0.717) is 5.92 Å². The molecule has 0 N–H and O–H groups in total. The molecule has 0 atom stereocenters. The Morgan fingerprint density at radius 3 is 2.72 bits per heavy atom. The van der Waals surface area contributed by atoms with Crippen LogP contribution in [0.2, 0.25) is 0 Å². The number of hydrogen-bond donors (Lipinski definition) is 0. The van der Waals surface area contributed by atoms with Gasteiger partial charge in [-0.3, -0.25) is 0 Å². The van der Waals surface area contributed by atoms with E-state index >= 15 is 0 Å². The quantitative estimate of drug-likeness (QED) is 0.849. The highest BCUT2D eigenvalue weighted by atomic mass is 32.1. The van der Waals surface area contributed by atoms with Crippen LogP contribution in [0.5, 0.6) is 11.5 Å². The molecule has 1 fully saturated rings.